The molecule has 0 aliphatic rings. The summed E-state index contributed by atoms with van der Waals surface area (Å²) in [6, 6.07) is 0. The van der Waals surface area contributed by atoms with Gasteiger partial charge >= 0.3 is 17.9 Å². The third-order valence-electron chi connectivity index (χ3n) is 11.3. The summed E-state index contributed by atoms with van der Waals surface area (Å²) in [5, 5.41) is 0. The zero-order valence-electron chi connectivity index (χ0n) is 40.9. The van der Waals surface area contributed by atoms with Crippen LogP contribution >= 0.6 is 0 Å². The van der Waals surface area contributed by atoms with Gasteiger partial charge in [-0.15, -0.1) is 0 Å². The van der Waals surface area contributed by atoms with Gasteiger partial charge in [0.1, 0.15) is 13.2 Å². The molecule has 0 aromatic carbocycles. The molecule has 0 aromatic heterocycles. The third kappa shape index (κ3) is 48.1. The van der Waals surface area contributed by atoms with Crippen LogP contribution in [0.3, 0.4) is 0 Å². The standard InChI is InChI=1S/C56H98O6/c1-4-7-10-13-15-17-19-21-23-24-25-26-27-28-29-30-31-32-33-35-36-38-40-43-46-49-55(58)61-52-53(51-60-54(57)48-45-42-12-9-6-3)62-56(59)50-47-44-41-39-37-34-22-20-18-16-14-11-8-5-2/h7,10,15,17,21,23,25-26,28-29,53H,4-6,8-9,11-14,16,18-20,22,24,27,30-52H2,1-3H3/b10-7-,17-15-,23-21-,26-25-,29-28-. The molecule has 0 spiro atoms. The van der Waals surface area contributed by atoms with E-state index in [1.807, 2.05) is 0 Å². The van der Waals surface area contributed by atoms with Crippen molar-refractivity contribution >= 4 is 17.9 Å². The molecule has 0 saturated carbocycles. The summed E-state index contributed by atoms with van der Waals surface area (Å²) in [5.74, 6) is -0.888. The summed E-state index contributed by atoms with van der Waals surface area (Å²) < 4.78 is 16.7. The van der Waals surface area contributed by atoms with E-state index in [9.17, 15) is 14.4 Å². The monoisotopic (exact) mass is 867 g/mol. The fourth-order valence-corrected chi connectivity index (χ4v) is 7.35. The lowest BCUT2D eigenvalue weighted by Crippen LogP contribution is -2.30. The van der Waals surface area contributed by atoms with Gasteiger partial charge in [-0.1, -0.05) is 236 Å². The molecule has 0 fully saturated rings. The second-order valence-electron chi connectivity index (χ2n) is 17.4. The molecule has 0 amide bonds. The lowest BCUT2D eigenvalue weighted by molar-refractivity contribution is -0.167. The van der Waals surface area contributed by atoms with Gasteiger partial charge in [0.25, 0.3) is 0 Å². The van der Waals surface area contributed by atoms with E-state index in [0.29, 0.717) is 19.3 Å². The fraction of sp³-hybridized carbons (Fsp3) is 0.768. The summed E-state index contributed by atoms with van der Waals surface area (Å²) in [5.41, 5.74) is 0. The number of esters is 3. The Labute approximate surface area is 383 Å². The first-order chi connectivity index (χ1) is 30.5. The molecule has 0 radical (unpaired) electrons. The highest BCUT2D eigenvalue weighted by Crippen LogP contribution is 2.15. The number of ether oxygens (including phenoxy) is 3. The maximum absolute atomic E-state index is 12.7. The van der Waals surface area contributed by atoms with E-state index in [4.69, 9.17) is 14.2 Å². The Bertz CT molecular complexity index is 1130. The van der Waals surface area contributed by atoms with E-state index in [2.05, 4.69) is 81.5 Å². The van der Waals surface area contributed by atoms with Gasteiger partial charge in [0.15, 0.2) is 6.10 Å². The van der Waals surface area contributed by atoms with Crippen molar-refractivity contribution in [2.45, 2.75) is 264 Å². The molecular formula is C56H98O6. The molecule has 0 aromatic rings. The number of allylic oxidation sites excluding steroid dienone is 10. The van der Waals surface area contributed by atoms with Crippen molar-refractivity contribution in [3.05, 3.63) is 60.8 Å². The maximum Gasteiger partial charge on any atom is 0.306 e. The van der Waals surface area contributed by atoms with Crippen molar-refractivity contribution < 1.29 is 28.6 Å². The van der Waals surface area contributed by atoms with Crippen LogP contribution in [-0.2, 0) is 28.6 Å². The van der Waals surface area contributed by atoms with Crippen molar-refractivity contribution in [1.29, 1.82) is 0 Å². The van der Waals surface area contributed by atoms with E-state index in [-0.39, 0.29) is 31.1 Å². The fourth-order valence-electron chi connectivity index (χ4n) is 7.35. The minimum Gasteiger partial charge on any atom is -0.462 e. The highest BCUT2D eigenvalue weighted by Gasteiger charge is 2.19. The topological polar surface area (TPSA) is 78.9 Å². The highest BCUT2D eigenvalue weighted by molar-refractivity contribution is 5.71. The van der Waals surface area contributed by atoms with E-state index >= 15 is 0 Å². The Morgan fingerprint density at radius 1 is 0.339 bits per heavy atom. The zero-order chi connectivity index (χ0) is 45.1. The van der Waals surface area contributed by atoms with Crippen LogP contribution in [0.15, 0.2) is 60.8 Å². The lowest BCUT2D eigenvalue weighted by Gasteiger charge is -2.18. The van der Waals surface area contributed by atoms with Crippen LogP contribution in [0.4, 0.5) is 0 Å². The number of unbranched alkanes of at least 4 members (excludes halogenated alkanes) is 26. The van der Waals surface area contributed by atoms with Crippen LogP contribution in [0.2, 0.25) is 0 Å². The number of hydrogen-bond donors (Lipinski definition) is 0. The average Bonchev–Trinajstić information content (AvgIpc) is 3.27. The van der Waals surface area contributed by atoms with Crippen molar-refractivity contribution in [2.75, 3.05) is 13.2 Å². The summed E-state index contributed by atoms with van der Waals surface area (Å²) in [4.78, 5) is 37.7. The quantitative estimate of drug-likeness (QED) is 0.0262. The molecular weight excluding hydrogens is 769 g/mol. The van der Waals surface area contributed by atoms with Gasteiger partial charge in [-0.05, 0) is 64.2 Å². The number of carbonyl (C=O) groups excluding carboxylic acids is 3. The minimum atomic E-state index is -0.769. The second-order valence-corrected chi connectivity index (χ2v) is 17.4. The zero-order valence-corrected chi connectivity index (χ0v) is 40.9. The average molecular weight is 867 g/mol. The first-order valence-electron chi connectivity index (χ1n) is 26.3. The Balaban J connectivity index is 4.10. The Kier molecular flexibility index (Phi) is 48.4. The summed E-state index contributed by atoms with van der Waals surface area (Å²) in [6.45, 7) is 6.45. The molecule has 62 heavy (non-hydrogen) atoms. The van der Waals surface area contributed by atoms with Crippen LogP contribution in [0.5, 0.6) is 0 Å². The van der Waals surface area contributed by atoms with Crippen LogP contribution < -0.4 is 0 Å². The van der Waals surface area contributed by atoms with Crippen molar-refractivity contribution in [2.24, 2.45) is 0 Å². The van der Waals surface area contributed by atoms with Gasteiger partial charge in [0.2, 0.25) is 0 Å². The smallest absolute Gasteiger partial charge is 0.306 e. The van der Waals surface area contributed by atoms with Gasteiger partial charge in [-0.2, -0.15) is 0 Å². The summed E-state index contributed by atoms with van der Waals surface area (Å²) >= 11 is 0. The number of carbonyl (C=O) groups is 3. The van der Waals surface area contributed by atoms with Gasteiger partial charge in [0.05, 0.1) is 0 Å². The largest absolute Gasteiger partial charge is 0.462 e. The summed E-state index contributed by atoms with van der Waals surface area (Å²) in [7, 11) is 0. The Morgan fingerprint density at radius 2 is 0.629 bits per heavy atom. The van der Waals surface area contributed by atoms with Gasteiger partial charge in [-0.25, -0.2) is 0 Å². The molecule has 0 heterocycles. The predicted octanol–water partition coefficient (Wildman–Crippen LogP) is 17.3. The number of hydrogen-bond acceptors (Lipinski definition) is 6. The predicted molar refractivity (Wildman–Crippen MR) is 265 cm³/mol. The van der Waals surface area contributed by atoms with Crippen LogP contribution in [-0.4, -0.2) is 37.2 Å². The normalized spacial score (nSPS) is 12.5. The lowest BCUT2D eigenvalue weighted by atomic mass is 10.0. The molecule has 6 nitrogen and oxygen atoms in total. The van der Waals surface area contributed by atoms with Gasteiger partial charge in [0, 0.05) is 19.3 Å². The van der Waals surface area contributed by atoms with E-state index < -0.39 is 6.10 Å². The Hall–Kier alpha value is -2.89. The van der Waals surface area contributed by atoms with E-state index in [1.165, 1.54) is 116 Å². The van der Waals surface area contributed by atoms with E-state index in [0.717, 1.165) is 103 Å². The van der Waals surface area contributed by atoms with Crippen molar-refractivity contribution in [3.63, 3.8) is 0 Å². The van der Waals surface area contributed by atoms with Crippen LogP contribution in [0, 0.1) is 0 Å². The van der Waals surface area contributed by atoms with E-state index in [1.54, 1.807) is 0 Å². The highest BCUT2D eigenvalue weighted by atomic mass is 16.6. The van der Waals surface area contributed by atoms with Crippen molar-refractivity contribution in [1.82, 2.24) is 0 Å². The van der Waals surface area contributed by atoms with Gasteiger partial charge in [-0.3, -0.25) is 14.4 Å². The molecule has 0 saturated heterocycles. The second kappa shape index (κ2) is 50.8. The Morgan fingerprint density at radius 3 is 0.984 bits per heavy atom. The van der Waals surface area contributed by atoms with Crippen molar-refractivity contribution in [3.8, 4) is 0 Å². The minimum absolute atomic E-state index is 0.0745. The molecule has 1 unspecified atom stereocenters. The molecule has 0 bridgehead atoms. The number of rotatable bonds is 47. The third-order valence-corrected chi connectivity index (χ3v) is 11.3. The summed E-state index contributed by atoms with van der Waals surface area (Å²) in [6.07, 6.45) is 62.4. The first kappa shape index (κ1) is 59.1. The van der Waals surface area contributed by atoms with Gasteiger partial charge < -0.3 is 14.2 Å². The molecule has 0 aliphatic heterocycles. The molecule has 0 N–H and O–H groups in total. The molecule has 358 valence electrons. The SMILES string of the molecule is CC/C=C\C/C=C\C/C=C\C/C=C\C/C=C\CCCCCCCCCCCC(=O)OCC(COC(=O)CCCCCCC)OC(=O)CCCCCCCCCCCCCCCC. The molecule has 1 atom stereocenters. The maximum atomic E-state index is 12.7. The molecule has 0 aliphatic carbocycles. The molecule has 6 heteroatoms. The molecule has 0 rings (SSSR count). The van der Waals surface area contributed by atoms with Crippen LogP contribution in [0.1, 0.15) is 258 Å². The first-order valence-corrected chi connectivity index (χ1v) is 26.3. The van der Waals surface area contributed by atoms with Crippen LogP contribution in [0.25, 0.3) is 0 Å².